The predicted octanol–water partition coefficient (Wildman–Crippen LogP) is 3.42. The Hall–Kier alpha value is -1.97. The molecular weight excluding hydrogens is 252 g/mol. The number of nitrogens with zero attached hydrogens (tertiary/aromatic N) is 1. The number of nitrogen functional groups attached to an aromatic ring is 1. The SMILES string of the molecule is C[C@@H]1CCC[C@H](C)N1C(=O)c1cc2cc(N)ccc2o1. The average molecular weight is 272 g/mol. The van der Waals surface area contributed by atoms with Gasteiger partial charge in [0.05, 0.1) is 0 Å². The highest BCUT2D eigenvalue weighted by molar-refractivity contribution is 5.97. The molecule has 2 atom stereocenters. The second-order valence-electron chi connectivity index (χ2n) is 5.75. The third-order valence-corrected chi connectivity index (χ3v) is 4.18. The van der Waals surface area contributed by atoms with Gasteiger partial charge in [0.25, 0.3) is 5.91 Å². The number of nitrogens with two attached hydrogens (primary N) is 1. The first-order valence-electron chi connectivity index (χ1n) is 7.18. The summed E-state index contributed by atoms with van der Waals surface area (Å²) in [5.41, 5.74) is 7.15. The first kappa shape index (κ1) is 13.0. The molecule has 0 bridgehead atoms. The highest BCUT2D eigenvalue weighted by Crippen LogP contribution is 2.27. The van der Waals surface area contributed by atoms with Gasteiger partial charge >= 0.3 is 0 Å². The van der Waals surface area contributed by atoms with E-state index in [1.807, 2.05) is 17.0 Å². The van der Waals surface area contributed by atoms with Gasteiger partial charge < -0.3 is 15.1 Å². The number of fused-ring (bicyclic) bond motifs is 1. The van der Waals surface area contributed by atoms with E-state index in [2.05, 4.69) is 13.8 Å². The molecule has 4 nitrogen and oxygen atoms in total. The minimum atomic E-state index is -0.0144. The fourth-order valence-corrected chi connectivity index (χ4v) is 3.12. The van der Waals surface area contributed by atoms with Crippen molar-refractivity contribution in [2.75, 3.05) is 5.73 Å². The molecule has 106 valence electrons. The Balaban J connectivity index is 1.95. The van der Waals surface area contributed by atoms with Crippen molar-refractivity contribution in [3.8, 4) is 0 Å². The van der Waals surface area contributed by atoms with Crippen LogP contribution in [0.2, 0.25) is 0 Å². The van der Waals surface area contributed by atoms with Gasteiger partial charge in [-0.05, 0) is 57.4 Å². The third-order valence-electron chi connectivity index (χ3n) is 4.18. The molecule has 1 amide bonds. The van der Waals surface area contributed by atoms with Gasteiger partial charge in [0.1, 0.15) is 5.58 Å². The van der Waals surface area contributed by atoms with Gasteiger partial charge in [0.15, 0.2) is 5.76 Å². The Morgan fingerprint density at radius 1 is 1.25 bits per heavy atom. The molecule has 0 saturated carbocycles. The van der Waals surface area contributed by atoms with Crippen molar-refractivity contribution >= 4 is 22.6 Å². The summed E-state index contributed by atoms with van der Waals surface area (Å²) >= 11 is 0. The summed E-state index contributed by atoms with van der Waals surface area (Å²) in [6.45, 7) is 4.21. The van der Waals surface area contributed by atoms with Gasteiger partial charge in [-0.3, -0.25) is 4.79 Å². The summed E-state index contributed by atoms with van der Waals surface area (Å²) in [5, 5.41) is 0.880. The fraction of sp³-hybridized carbons (Fsp3) is 0.438. The minimum Gasteiger partial charge on any atom is -0.451 e. The van der Waals surface area contributed by atoms with E-state index < -0.39 is 0 Å². The van der Waals surface area contributed by atoms with E-state index in [0.29, 0.717) is 17.0 Å². The highest BCUT2D eigenvalue weighted by Gasteiger charge is 2.31. The van der Waals surface area contributed by atoms with Crippen LogP contribution in [0.15, 0.2) is 28.7 Å². The number of rotatable bonds is 1. The van der Waals surface area contributed by atoms with Crippen LogP contribution in [0, 0.1) is 0 Å². The zero-order valence-corrected chi connectivity index (χ0v) is 11.9. The lowest BCUT2D eigenvalue weighted by molar-refractivity contribution is 0.0481. The second kappa shape index (κ2) is 4.85. The molecule has 0 unspecified atom stereocenters. The van der Waals surface area contributed by atoms with E-state index in [4.69, 9.17) is 10.2 Å². The van der Waals surface area contributed by atoms with Crippen molar-refractivity contribution in [3.63, 3.8) is 0 Å². The van der Waals surface area contributed by atoms with Gasteiger partial charge in [0.2, 0.25) is 0 Å². The Bertz CT molecular complexity index is 637. The van der Waals surface area contributed by atoms with Crippen molar-refractivity contribution in [3.05, 3.63) is 30.0 Å². The summed E-state index contributed by atoms with van der Waals surface area (Å²) in [6.07, 6.45) is 3.30. The van der Waals surface area contributed by atoms with E-state index in [0.717, 1.165) is 18.2 Å². The smallest absolute Gasteiger partial charge is 0.290 e. The number of amides is 1. The van der Waals surface area contributed by atoms with Gasteiger partial charge in [-0.25, -0.2) is 0 Å². The number of carbonyl (C=O) groups is 1. The maximum Gasteiger partial charge on any atom is 0.290 e. The van der Waals surface area contributed by atoms with E-state index in [9.17, 15) is 4.79 Å². The first-order chi connectivity index (χ1) is 9.56. The number of anilines is 1. The monoisotopic (exact) mass is 272 g/mol. The number of hydrogen-bond acceptors (Lipinski definition) is 3. The van der Waals surface area contributed by atoms with Crippen molar-refractivity contribution in [2.45, 2.75) is 45.2 Å². The molecule has 2 N–H and O–H groups in total. The molecule has 1 fully saturated rings. The number of carbonyl (C=O) groups excluding carboxylic acids is 1. The zero-order valence-electron chi connectivity index (χ0n) is 11.9. The third kappa shape index (κ3) is 2.15. The molecule has 1 aromatic carbocycles. The van der Waals surface area contributed by atoms with Crippen LogP contribution in [0.5, 0.6) is 0 Å². The molecule has 20 heavy (non-hydrogen) atoms. The summed E-state index contributed by atoms with van der Waals surface area (Å²) < 4.78 is 5.69. The highest BCUT2D eigenvalue weighted by atomic mass is 16.3. The number of likely N-dealkylation sites (tertiary alicyclic amines) is 1. The van der Waals surface area contributed by atoms with E-state index >= 15 is 0 Å². The number of furan rings is 1. The van der Waals surface area contributed by atoms with Crippen LogP contribution in [-0.2, 0) is 0 Å². The maximum absolute atomic E-state index is 12.7. The van der Waals surface area contributed by atoms with Crippen molar-refractivity contribution in [2.24, 2.45) is 0 Å². The molecule has 0 radical (unpaired) electrons. The van der Waals surface area contributed by atoms with Crippen LogP contribution in [0.25, 0.3) is 11.0 Å². The molecule has 0 spiro atoms. The summed E-state index contributed by atoms with van der Waals surface area (Å²) in [6, 6.07) is 7.76. The average Bonchev–Trinajstić information content (AvgIpc) is 2.81. The minimum absolute atomic E-state index is 0.0144. The normalized spacial score (nSPS) is 23.2. The van der Waals surface area contributed by atoms with Gasteiger partial charge in [0, 0.05) is 23.2 Å². The van der Waals surface area contributed by atoms with Crippen molar-refractivity contribution < 1.29 is 9.21 Å². The van der Waals surface area contributed by atoms with Crippen LogP contribution in [0.4, 0.5) is 5.69 Å². The first-order valence-corrected chi connectivity index (χ1v) is 7.18. The Morgan fingerprint density at radius 2 is 1.95 bits per heavy atom. The Morgan fingerprint density at radius 3 is 2.65 bits per heavy atom. The van der Waals surface area contributed by atoms with Crippen molar-refractivity contribution in [1.29, 1.82) is 0 Å². The van der Waals surface area contributed by atoms with Crippen LogP contribution in [0.1, 0.15) is 43.7 Å². The molecule has 1 saturated heterocycles. The summed E-state index contributed by atoms with van der Waals surface area (Å²) in [4.78, 5) is 14.6. The van der Waals surface area contributed by atoms with Gasteiger partial charge in [-0.15, -0.1) is 0 Å². The lowest BCUT2D eigenvalue weighted by Crippen LogP contribution is -2.47. The van der Waals surface area contributed by atoms with Crippen LogP contribution in [-0.4, -0.2) is 22.9 Å². The Kier molecular flexibility index (Phi) is 3.16. The molecule has 2 heterocycles. The molecule has 3 rings (SSSR count). The van der Waals surface area contributed by atoms with Crippen LogP contribution in [0.3, 0.4) is 0 Å². The molecule has 4 heteroatoms. The number of piperidine rings is 1. The van der Waals surface area contributed by atoms with Gasteiger partial charge in [-0.1, -0.05) is 0 Å². The maximum atomic E-state index is 12.7. The Labute approximate surface area is 118 Å². The molecular formula is C16H20N2O2. The lowest BCUT2D eigenvalue weighted by Gasteiger charge is -2.38. The predicted molar refractivity (Wildman–Crippen MR) is 79.6 cm³/mol. The quantitative estimate of drug-likeness (QED) is 0.809. The molecule has 2 aromatic rings. The second-order valence-corrected chi connectivity index (χ2v) is 5.75. The lowest BCUT2D eigenvalue weighted by atomic mass is 9.97. The van der Waals surface area contributed by atoms with Gasteiger partial charge in [-0.2, -0.15) is 0 Å². The molecule has 1 aromatic heterocycles. The van der Waals surface area contributed by atoms with E-state index in [1.54, 1.807) is 12.1 Å². The zero-order chi connectivity index (χ0) is 14.3. The van der Waals surface area contributed by atoms with E-state index in [1.165, 1.54) is 6.42 Å². The summed E-state index contributed by atoms with van der Waals surface area (Å²) in [7, 11) is 0. The largest absolute Gasteiger partial charge is 0.451 e. The number of hydrogen-bond donors (Lipinski definition) is 1. The molecule has 1 aliphatic rings. The molecule has 1 aliphatic heterocycles. The van der Waals surface area contributed by atoms with Crippen LogP contribution < -0.4 is 5.73 Å². The summed E-state index contributed by atoms with van der Waals surface area (Å²) in [5.74, 6) is 0.394. The fourth-order valence-electron chi connectivity index (χ4n) is 3.12. The topological polar surface area (TPSA) is 59.5 Å². The molecule has 0 aliphatic carbocycles. The standard InChI is InChI=1S/C16H20N2O2/c1-10-4-3-5-11(2)18(10)16(19)15-9-12-8-13(17)6-7-14(12)20-15/h6-11H,3-5,17H2,1-2H3/t10-,11+. The van der Waals surface area contributed by atoms with Crippen molar-refractivity contribution in [1.82, 2.24) is 4.90 Å². The van der Waals surface area contributed by atoms with E-state index in [-0.39, 0.29) is 18.0 Å². The number of benzene rings is 1. The van der Waals surface area contributed by atoms with Crippen LogP contribution >= 0.6 is 0 Å².